The molecule has 2 aromatic rings. The molecule has 0 N–H and O–H groups in total. The summed E-state index contributed by atoms with van der Waals surface area (Å²) in [6.07, 6.45) is 5.91. The second-order valence-electron chi connectivity index (χ2n) is 7.63. The third kappa shape index (κ3) is 6.81. The molecule has 1 aromatic heterocycles. The topological polar surface area (TPSA) is 22.1 Å². The highest BCUT2D eigenvalue weighted by atomic mass is 19.4. The Kier molecular flexibility index (Phi) is 7.19. The van der Waals surface area contributed by atoms with Gasteiger partial charge in [0, 0.05) is 23.2 Å². The first-order chi connectivity index (χ1) is 13.9. The molecule has 1 heterocycles. The van der Waals surface area contributed by atoms with Gasteiger partial charge in [0.15, 0.2) is 0 Å². The second kappa shape index (κ2) is 9.82. The van der Waals surface area contributed by atoms with Crippen molar-refractivity contribution < 1.29 is 17.9 Å². The van der Waals surface area contributed by atoms with Gasteiger partial charge in [0.1, 0.15) is 5.75 Å². The molecular formula is C24H26F3NO. The van der Waals surface area contributed by atoms with Crippen molar-refractivity contribution in [3.05, 3.63) is 48.2 Å². The van der Waals surface area contributed by atoms with Crippen molar-refractivity contribution in [1.82, 2.24) is 4.98 Å². The van der Waals surface area contributed by atoms with Crippen molar-refractivity contribution in [2.24, 2.45) is 11.8 Å². The van der Waals surface area contributed by atoms with Crippen LogP contribution in [-0.2, 0) is 0 Å². The van der Waals surface area contributed by atoms with E-state index in [0.717, 1.165) is 17.0 Å². The molecule has 0 unspecified atom stereocenters. The molecule has 0 bridgehead atoms. The van der Waals surface area contributed by atoms with Gasteiger partial charge in [-0.1, -0.05) is 38.0 Å². The largest absolute Gasteiger partial charge is 0.573 e. The van der Waals surface area contributed by atoms with Gasteiger partial charge in [-0.25, -0.2) is 0 Å². The van der Waals surface area contributed by atoms with Crippen LogP contribution < -0.4 is 4.74 Å². The molecule has 29 heavy (non-hydrogen) atoms. The average Bonchev–Trinajstić information content (AvgIpc) is 2.71. The minimum absolute atomic E-state index is 0.242. The summed E-state index contributed by atoms with van der Waals surface area (Å²) in [6, 6.07) is 9.44. The summed E-state index contributed by atoms with van der Waals surface area (Å²) in [4.78, 5) is 4.40. The number of aromatic nitrogens is 1. The van der Waals surface area contributed by atoms with Crippen molar-refractivity contribution in [2.45, 2.75) is 58.2 Å². The first kappa shape index (κ1) is 21.2. The predicted molar refractivity (Wildman–Crippen MR) is 108 cm³/mol. The molecule has 0 radical (unpaired) electrons. The SMILES string of the molecule is CCCCC1CCC(C#Cc2ccc(-c3ccc(OC(F)(F)F)cc3)nc2)CC1. The maximum Gasteiger partial charge on any atom is 0.573 e. The summed E-state index contributed by atoms with van der Waals surface area (Å²) < 4.78 is 40.6. The van der Waals surface area contributed by atoms with Gasteiger partial charge in [-0.05, 0) is 68.0 Å². The van der Waals surface area contributed by atoms with E-state index in [1.165, 1.54) is 57.1 Å². The van der Waals surface area contributed by atoms with Crippen LogP contribution in [0, 0.1) is 23.7 Å². The summed E-state index contributed by atoms with van der Waals surface area (Å²) in [5.41, 5.74) is 2.27. The zero-order valence-electron chi connectivity index (χ0n) is 16.6. The Balaban J connectivity index is 1.55. The Bertz CT molecular complexity index is 824. The van der Waals surface area contributed by atoms with Crippen LogP contribution >= 0.6 is 0 Å². The molecule has 3 rings (SSSR count). The Morgan fingerprint density at radius 1 is 1.03 bits per heavy atom. The maximum absolute atomic E-state index is 12.2. The van der Waals surface area contributed by atoms with E-state index in [0.29, 0.717) is 11.6 Å². The van der Waals surface area contributed by atoms with Crippen molar-refractivity contribution in [3.63, 3.8) is 0 Å². The fourth-order valence-corrected chi connectivity index (χ4v) is 3.74. The molecular weight excluding hydrogens is 375 g/mol. The molecule has 1 aliphatic rings. The Morgan fingerprint density at radius 3 is 2.34 bits per heavy atom. The van der Waals surface area contributed by atoms with Crippen LogP contribution in [0.3, 0.4) is 0 Å². The highest BCUT2D eigenvalue weighted by molar-refractivity contribution is 5.60. The summed E-state index contributed by atoms with van der Waals surface area (Å²) in [5.74, 6) is 7.72. The lowest BCUT2D eigenvalue weighted by molar-refractivity contribution is -0.274. The van der Waals surface area contributed by atoms with Crippen LogP contribution in [0.5, 0.6) is 5.75 Å². The van der Waals surface area contributed by atoms with Crippen molar-refractivity contribution in [1.29, 1.82) is 0 Å². The lowest BCUT2D eigenvalue weighted by atomic mass is 9.80. The molecule has 5 heteroatoms. The van der Waals surface area contributed by atoms with Gasteiger partial charge < -0.3 is 4.74 Å². The molecule has 0 spiro atoms. The molecule has 1 aliphatic carbocycles. The first-order valence-corrected chi connectivity index (χ1v) is 10.3. The molecule has 1 saturated carbocycles. The van der Waals surface area contributed by atoms with Gasteiger partial charge >= 0.3 is 6.36 Å². The molecule has 0 saturated heterocycles. The number of alkyl halides is 3. The molecule has 1 aromatic carbocycles. The third-order valence-electron chi connectivity index (χ3n) is 5.38. The van der Waals surface area contributed by atoms with Crippen LogP contribution in [0.2, 0.25) is 0 Å². The second-order valence-corrected chi connectivity index (χ2v) is 7.63. The summed E-state index contributed by atoms with van der Waals surface area (Å²) in [5, 5.41) is 0. The number of rotatable bonds is 5. The standard InChI is InChI=1S/C24H26F3NO/c1-2-3-4-18-5-7-19(8-6-18)9-10-20-11-16-23(28-17-20)21-12-14-22(15-13-21)29-24(25,26)27/h11-19H,2-8H2,1H3. The van der Waals surface area contributed by atoms with Gasteiger partial charge in [-0.3, -0.25) is 4.98 Å². The highest BCUT2D eigenvalue weighted by Gasteiger charge is 2.31. The Labute approximate surface area is 170 Å². The maximum atomic E-state index is 12.2. The summed E-state index contributed by atoms with van der Waals surface area (Å²) in [6.45, 7) is 2.24. The molecule has 154 valence electrons. The number of pyridine rings is 1. The normalized spacial score (nSPS) is 19.3. The van der Waals surface area contributed by atoms with Crippen LogP contribution in [0.4, 0.5) is 13.2 Å². The molecule has 0 atom stereocenters. The number of halogens is 3. The van der Waals surface area contributed by atoms with Crippen molar-refractivity contribution >= 4 is 0 Å². The van der Waals surface area contributed by atoms with E-state index in [2.05, 4.69) is 28.5 Å². The van der Waals surface area contributed by atoms with Crippen LogP contribution in [0.25, 0.3) is 11.3 Å². The highest BCUT2D eigenvalue weighted by Crippen LogP contribution is 2.31. The average molecular weight is 401 g/mol. The number of hydrogen-bond acceptors (Lipinski definition) is 2. The lowest BCUT2D eigenvalue weighted by Gasteiger charge is -2.25. The van der Waals surface area contributed by atoms with E-state index >= 15 is 0 Å². The van der Waals surface area contributed by atoms with Gasteiger partial charge in [-0.2, -0.15) is 0 Å². The van der Waals surface area contributed by atoms with Crippen molar-refractivity contribution in [3.8, 4) is 28.8 Å². The van der Waals surface area contributed by atoms with Crippen LogP contribution in [0.1, 0.15) is 57.4 Å². The summed E-state index contributed by atoms with van der Waals surface area (Å²) in [7, 11) is 0. The van der Waals surface area contributed by atoms with Gasteiger partial charge in [0.05, 0.1) is 5.69 Å². The zero-order chi connectivity index (χ0) is 20.7. The Morgan fingerprint density at radius 2 is 1.76 bits per heavy atom. The van der Waals surface area contributed by atoms with E-state index in [9.17, 15) is 13.2 Å². The molecule has 0 amide bonds. The van der Waals surface area contributed by atoms with E-state index < -0.39 is 6.36 Å². The minimum atomic E-state index is -4.69. The van der Waals surface area contributed by atoms with Gasteiger partial charge in [0.2, 0.25) is 0 Å². The van der Waals surface area contributed by atoms with Gasteiger partial charge in [0.25, 0.3) is 0 Å². The van der Waals surface area contributed by atoms with E-state index in [-0.39, 0.29) is 5.75 Å². The first-order valence-electron chi connectivity index (χ1n) is 10.3. The quantitative estimate of drug-likeness (QED) is 0.504. The molecule has 2 nitrogen and oxygen atoms in total. The Hall–Kier alpha value is -2.48. The van der Waals surface area contributed by atoms with E-state index in [1.807, 2.05) is 12.1 Å². The number of benzene rings is 1. The summed E-state index contributed by atoms with van der Waals surface area (Å²) >= 11 is 0. The smallest absolute Gasteiger partial charge is 0.406 e. The monoisotopic (exact) mass is 401 g/mol. The predicted octanol–water partition coefficient (Wildman–Crippen LogP) is 7.00. The van der Waals surface area contributed by atoms with Crippen molar-refractivity contribution in [2.75, 3.05) is 0 Å². The fourth-order valence-electron chi connectivity index (χ4n) is 3.74. The number of hydrogen-bond donors (Lipinski definition) is 0. The number of ether oxygens (including phenoxy) is 1. The third-order valence-corrected chi connectivity index (χ3v) is 5.38. The lowest BCUT2D eigenvalue weighted by Crippen LogP contribution is -2.16. The fraction of sp³-hybridized carbons (Fsp3) is 0.458. The van der Waals surface area contributed by atoms with E-state index in [4.69, 9.17) is 0 Å². The van der Waals surface area contributed by atoms with Gasteiger partial charge in [-0.15, -0.1) is 13.2 Å². The number of unbranched alkanes of at least 4 members (excludes halogenated alkanes) is 1. The van der Waals surface area contributed by atoms with Crippen LogP contribution in [0.15, 0.2) is 42.6 Å². The van der Waals surface area contributed by atoms with E-state index in [1.54, 1.807) is 18.3 Å². The zero-order valence-corrected chi connectivity index (χ0v) is 16.6. The molecule has 0 aliphatic heterocycles. The number of nitrogens with zero attached hydrogens (tertiary/aromatic N) is 1. The van der Waals surface area contributed by atoms with Crippen LogP contribution in [-0.4, -0.2) is 11.3 Å². The minimum Gasteiger partial charge on any atom is -0.406 e. The molecule has 1 fully saturated rings.